The van der Waals surface area contributed by atoms with Gasteiger partial charge in [-0.25, -0.2) is 0 Å². The third kappa shape index (κ3) is 1.76. The second kappa shape index (κ2) is 3.86. The lowest BCUT2D eigenvalue weighted by Crippen LogP contribution is -2.05. The third-order valence-electron chi connectivity index (χ3n) is 3.86. The molecule has 1 aromatic heterocycles. The molecular formula is C15H20N2. The summed E-state index contributed by atoms with van der Waals surface area (Å²) in [4.78, 5) is 0. The maximum absolute atomic E-state index is 4.88. The van der Waals surface area contributed by atoms with Gasteiger partial charge in [-0.1, -0.05) is 18.6 Å². The van der Waals surface area contributed by atoms with Crippen LogP contribution in [0.25, 0.3) is 10.9 Å². The molecule has 0 amide bonds. The zero-order valence-electron chi connectivity index (χ0n) is 10.9. The standard InChI is InChI=1S/C15H20N2/c1-4-11(3)17-14-8-5-10(2)9-13(14)15(16-17)12-6-7-12/h5,8-9,11-12H,4,6-7H2,1-3H3/t11-/m1/s1. The van der Waals surface area contributed by atoms with Crippen molar-refractivity contribution in [2.75, 3.05) is 0 Å². The number of benzene rings is 1. The van der Waals surface area contributed by atoms with Gasteiger partial charge in [0.25, 0.3) is 0 Å². The van der Waals surface area contributed by atoms with Crippen LogP contribution in [0.3, 0.4) is 0 Å². The molecule has 0 saturated heterocycles. The highest BCUT2D eigenvalue weighted by atomic mass is 15.3. The number of aromatic nitrogens is 2. The first-order valence-corrected chi connectivity index (χ1v) is 6.69. The Bertz CT molecular complexity index is 549. The summed E-state index contributed by atoms with van der Waals surface area (Å²) in [5.41, 5.74) is 3.99. The number of aryl methyl sites for hydroxylation is 1. The van der Waals surface area contributed by atoms with E-state index in [-0.39, 0.29) is 0 Å². The normalized spacial score (nSPS) is 17.6. The molecule has 1 saturated carbocycles. The first-order valence-electron chi connectivity index (χ1n) is 6.69. The van der Waals surface area contributed by atoms with Crippen molar-refractivity contribution in [1.29, 1.82) is 0 Å². The average Bonchev–Trinajstić information content (AvgIpc) is 3.10. The van der Waals surface area contributed by atoms with Crippen molar-refractivity contribution in [2.24, 2.45) is 0 Å². The van der Waals surface area contributed by atoms with Gasteiger partial charge in [-0.05, 0) is 45.2 Å². The lowest BCUT2D eigenvalue weighted by Gasteiger charge is -2.10. The molecule has 2 aromatic rings. The van der Waals surface area contributed by atoms with Crippen LogP contribution in [0, 0.1) is 6.92 Å². The smallest absolute Gasteiger partial charge is 0.0734 e. The fraction of sp³-hybridized carbons (Fsp3) is 0.533. The first-order chi connectivity index (χ1) is 8.20. The van der Waals surface area contributed by atoms with E-state index in [0.29, 0.717) is 6.04 Å². The van der Waals surface area contributed by atoms with Crippen molar-refractivity contribution >= 4 is 10.9 Å². The minimum atomic E-state index is 0.493. The summed E-state index contributed by atoms with van der Waals surface area (Å²) in [6.07, 6.45) is 3.77. The van der Waals surface area contributed by atoms with E-state index in [9.17, 15) is 0 Å². The van der Waals surface area contributed by atoms with Crippen LogP contribution in [0.1, 0.15) is 56.3 Å². The Morgan fingerprint density at radius 3 is 2.82 bits per heavy atom. The second-order valence-corrected chi connectivity index (χ2v) is 5.38. The van der Waals surface area contributed by atoms with Crippen LogP contribution in [0.4, 0.5) is 0 Å². The van der Waals surface area contributed by atoms with Crippen molar-refractivity contribution in [2.45, 2.75) is 52.0 Å². The van der Waals surface area contributed by atoms with Crippen molar-refractivity contribution < 1.29 is 0 Å². The molecule has 0 N–H and O–H groups in total. The minimum absolute atomic E-state index is 0.493. The van der Waals surface area contributed by atoms with Crippen molar-refractivity contribution in [3.05, 3.63) is 29.5 Å². The van der Waals surface area contributed by atoms with Crippen LogP contribution >= 0.6 is 0 Å². The maximum Gasteiger partial charge on any atom is 0.0734 e. The predicted molar refractivity (Wildman–Crippen MR) is 71.4 cm³/mol. The third-order valence-corrected chi connectivity index (χ3v) is 3.86. The van der Waals surface area contributed by atoms with E-state index in [1.165, 1.54) is 35.0 Å². The molecule has 0 spiro atoms. The molecule has 2 heteroatoms. The number of rotatable bonds is 3. The lowest BCUT2D eigenvalue weighted by molar-refractivity contribution is 0.488. The maximum atomic E-state index is 4.88. The van der Waals surface area contributed by atoms with Crippen molar-refractivity contribution in [3.63, 3.8) is 0 Å². The number of hydrogen-bond acceptors (Lipinski definition) is 1. The van der Waals surface area contributed by atoms with E-state index in [0.717, 1.165) is 12.3 Å². The van der Waals surface area contributed by atoms with E-state index in [1.54, 1.807) is 0 Å². The van der Waals surface area contributed by atoms with Crippen LogP contribution in [-0.4, -0.2) is 9.78 Å². The molecule has 1 atom stereocenters. The monoisotopic (exact) mass is 228 g/mol. The highest BCUT2D eigenvalue weighted by Crippen LogP contribution is 2.43. The molecule has 0 aliphatic heterocycles. The highest BCUT2D eigenvalue weighted by Gasteiger charge is 2.29. The minimum Gasteiger partial charge on any atom is -0.262 e. The van der Waals surface area contributed by atoms with Gasteiger partial charge in [0.05, 0.1) is 11.2 Å². The van der Waals surface area contributed by atoms with Crippen LogP contribution in [0.2, 0.25) is 0 Å². The molecular weight excluding hydrogens is 208 g/mol. The Balaban J connectivity index is 2.22. The Morgan fingerprint density at radius 2 is 2.18 bits per heavy atom. The second-order valence-electron chi connectivity index (χ2n) is 5.38. The largest absolute Gasteiger partial charge is 0.262 e. The summed E-state index contributed by atoms with van der Waals surface area (Å²) in [6.45, 7) is 6.64. The van der Waals surface area contributed by atoms with E-state index in [1.807, 2.05) is 0 Å². The summed E-state index contributed by atoms with van der Waals surface area (Å²) in [7, 11) is 0. The van der Waals surface area contributed by atoms with Gasteiger partial charge in [-0.3, -0.25) is 4.68 Å². The Labute approximate surface area is 103 Å². The zero-order valence-corrected chi connectivity index (χ0v) is 10.9. The summed E-state index contributed by atoms with van der Waals surface area (Å²) in [6, 6.07) is 7.22. The number of nitrogens with zero attached hydrogens (tertiary/aromatic N) is 2. The van der Waals surface area contributed by atoms with Gasteiger partial charge in [-0.15, -0.1) is 0 Å². The molecule has 1 heterocycles. The molecule has 0 radical (unpaired) electrons. The van der Waals surface area contributed by atoms with E-state index in [4.69, 9.17) is 5.10 Å². The van der Waals surface area contributed by atoms with E-state index >= 15 is 0 Å². The van der Waals surface area contributed by atoms with Crippen LogP contribution < -0.4 is 0 Å². The van der Waals surface area contributed by atoms with Crippen molar-refractivity contribution in [3.8, 4) is 0 Å². The molecule has 17 heavy (non-hydrogen) atoms. The Hall–Kier alpha value is -1.31. The highest BCUT2D eigenvalue weighted by molar-refractivity contribution is 5.83. The van der Waals surface area contributed by atoms with Gasteiger partial charge in [-0.2, -0.15) is 5.10 Å². The fourth-order valence-corrected chi connectivity index (χ4v) is 2.45. The molecule has 0 unspecified atom stereocenters. The van der Waals surface area contributed by atoms with Gasteiger partial charge in [0.2, 0.25) is 0 Å². The molecule has 1 aromatic carbocycles. The summed E-state index contributed by atoms with van der Waals surface area (Å²) >= 11 is 0. The van der Waals surface area contributed by atoms with Crippen molar-refractivity contribution in [1.82, 2.24) is 9.78 Å². The molecule has 1 aliphatic rings. The number of fused-ring (bicyclic) bond motifs is 1. The molecule has 0 bridgehead atoms. The van der Waals surface area contributed by atoms with Crippen LogP contribution in [0.5, 0.6) is 0 Å². The molecule has 2 nitrogen and oxygen atoms in total. The van der Waals surface area contributed by atoms with Gasteiger partial charge in [0, 0.05) is 17.3 Å². The molecule has 1 fully saturated rings. The van der Waals surface area contributed by atoms with Gasteiger partial charge in [0.1, 0.15) is 0 Å². The number of hydrogen-bond donors (Lipinski definition) is 0. The summed E-state index contributed by atoms with van der Waals surface area (Å²) in [5, 5.41) is 6.26. The van der Waals surface area contributed by atoms with Gasteiger partial charge < -0.3 is 0 Å². The van der Waals surface area contributed by atoms with Gasteiger partial charge in [0.15, 0.2) is 0 Å². The molecule has 3 rings (SSSR count). The summed E-state index contributed by atoms with van der Waals surface area (Å²) in [5.74, 6) is 0.726. The Morgan fingerprint density at radius 1 is 1.41 bits per heavy atom. The van der Waals surface area contributed by atoms with Gasteiger partial charge >= 0.3 is 0 Å². The van der Waals surface area contributed by atoms with E-state index < -0.39 is 0 Å². The molecule has 90 valence electrons. The predicted octanol–water partition coefficient (Wildman–Crippen LogP) is 4.19. The SMILES string of the molecule is CC[C@@H](C)n1nc(C2CC2)c2cc(C)ccc21. The zero-order chi connectivity index (χ0) is 12.0. The summed E-state index contributed by atoms with van der Waals surface area (Å²) < 4.78 is 2.22. The van der Waals surface area contributed by atoms with E-state index in [2.05, 4.69) is 43.7 Å². The van der Waals surface area contributed by atoms with Crippen LogP contribution in [-0.2, 0) is 0 Å². The molecule has 1 aliphatic carbocycles. The first kappa shape index (κ1) is 10.8. The average molecular weight is 228 g/mol. The quantitative estimate of drug-likeness (QED) is 0.770. The fourth-order valence-electron chi connectivity index (χ4n) is 2.45. The lowest BCUT2D eigenvalue weighted by atomic mass is 10.1. The Kier molecular flexibility index (Phi) is 2.46. The van der Waals surface area contributed by atoms with Crippen LogP contribution in [0.15, 0.2) is 18.2 Å². The topological polar surface area (TPSA) is 17.8 Å².